The fourth-order valence-corrected chi connectivity index (χ4v) is 3.67. The van der Waals surface area contributed by atoms with Gasteiger partial charge in [0.05, 0.1) is 4.47 Å². The summed E-state index contributed by atoms with van der Waals surface area (Å²) in [4.78, 5) is 25.6. The number of benzene rings is 1. The fraction of sp³-hybridized carbons (Fsp3) is 0.375. The van der Waals surface area contributed by atoms with Crippen molar-refractivity contribution in [3.8, 4) is 0 Å². The second kappa shape index (κ2) is 5.12. The fourth-order valence-electron chi connectivity index (χ4n) is 3.00. The third-order valence-corrected chi connectivity index (χ3v) is 4.86. The second-order valence-corrected chi connectivity index (χ2v) is 6.77. The van der Waals surface area contributed by atoms with Gasteiger partial charge < -0.3 is 14.4 Å². The molecule has 0 bridgehead atoms. The summed E-state index contributed by atoms with van der Waals surface area (Å²) >= 11 is 3.43. The van der Waals surface area contributed by atoms with E-state index in [9.17, 15) is 14.7 Å². The SMILES string of the molecule is Cc1cc(Br)c2oc(C(=O)N3CCCC3(C)C(=O)O)cc2c1. The topological polar surface area (TPSA) is 70.8 Å². The first-order valence-corrected chi connectivity index (χ1v) is 7.87. The maximum absolute atomic E-state index is 12.7. The minimum atomic E-state index is -1.16. The quantitative estimate of drug-likeness (QED) is 0.882. The molecular formula is C16H16BrNO4. The number of furan rings is 1. The summed E-state index contributed by atoms with van der Waals surface area (Å²) in [6.07, 6.45) is 1.13. The predicted octanol–water partition coefficient (Wildman–Crippen LogP) is 3.58. The lowest BCUT2D eigenvalue weighted by Gasteiger charge is -2.30. The first kappa shape index (κ1) is 15.1. The molecule has 1 aliphatic rings. The monoisotopic (exact) mass is 365 g/mol. The van der Waals surface area contributed by atoms with Gasteiger partial charge in [0.1, 0.15) is 11.1 Å². The summed E-state index contributed by atoms with van der Waals surface area (Å²) in [5, 5.41) is 10.3. The molecule has 1 aromatic heterocycles. The Bertz CT molecular complexity index is 782. The number of rotatable bonds is 2. The zero-order chi connectivity index (χ0) is 16.1. The number of carbonyl (C=O) groups excluding carboxylic acids is 1. The lowest BCUT2D eigenvalue weighted by atomic mass is 9.99. The van der Waals surface area contributed by atoms with E-state index in [0.29, 0.717) is 25.0 Å². The number of halogens is 1. The van der Waals surface area contributed by atoms with Gasteiger partial charge in [-0.1, -0.05) is 0 Å². The van der Waals surface area contributed by atoms with Crippen LogP contribution in [0.15, 0.2) is 27.1 Å². The Balaban J connectivity index is 2.02. The minimum absolute atomic E-state index is 0.177. The number of amides is 1. The van der Waals surface area contributed by atoms with Crippen molar-refractivity contribution in [2.45, 2.75) is 32.2 Å². The van der Waals surface area contributed by atoms with Crippen LogP contribution in [0.3, 0.4) is 0 Å². The van der Waals surface area contributed by atoms with Gasteiger partial charge in [-0.25, -0.2) is 4.79 Å². The lowest BCUT2D eigenvalue weighted by Crippen LogP contribution is -2.50. The van der Waals surface area contributed by atoms with E-state index in [2.05, 4.69) is 15.9 Å². The largest absolute Gasteiger partial charge is 0.480 e. The number of aliphatic carboxylic acids is 1. The molecule has 1 aromatic carbocycles. The molecular weight excluding hydrogens is 350 g/mol. The van der Waals surface area contributed by atoms with Gasteiger partial charge in [0.15, 0.2) is 5.76 Å². The Labute approximate surface area is 136 Å². The van der Waals surface area contributed by atoms with Crippen molar-refractivity contribution in [2.75, 3.05) is 6.54 Å². The number of carboxylic acids is 1. The molecule has 3 rings (SSSR count). The normalized spacial score (nSPS) is 21.5. The van der Waals surface area contributed by atoms with E-state index in [-0.39, 0.29) is 11.7 Å². The molecule has 6 heteroatoms. The van der Waals surface area contributed by atoms with Gasteiger partial charge in [-0.3, -0.25) is 4.79 Å². The molecule has 2 aromatic rings. The smallest absolute Gasteiger partial charge is 0.329 e. The molecule has 22 heavy (non-hydrogen) atoms. The van der Waals surface area contributed by atoms with Crippen molar-refractivity contribution >= 4 is 38.8 Å². The standard InChI is InChI=1S/C16H16BrNO4/c1-9-6-10-8-12(22-13(10)11(17)7-9)14(19)18-5-3-4-16(18,2)15(20)21/h6-8H,3-5H2,1-2H3,(H,20,21). The molecule has 116 valence electrons. The minimum Gasteiger partial charge on any atom is -0.480 e. The van der Waals surface area contributed by atoms with Crippen molar-refractivity contribution in [1.82, 2.24) is 4.90 Å². The zero-order valence-electron chi connectivity index (χ0n) is 12.4. The highest BCUT2D eigenvalue weighted by Crippen LogP contribution is 2.33. The molecule has 1 fully saturated rings. The molecule has 5 nitrogen and oxygen atoms in total. The van der Waals surface area contributed by atoms with Crippen molar-refractivity contribution in [1.29, 1.82) is 0 Å². The summed E-state index contributed by atoms with van der Waals surface area (Å²) in [7, 11) is 0. The highest BCUT2D eigenvalue weighted by molar-refractivity contribution is 9.10. The van der Waals surface area contributed by atoms with Gasteiger partial charge in [-0.2, -0.15) is 0 Å². The Morgan fingerprint density at radius 3 is 2.77 bits per heavy atom. The summed E-state index contributed by atoms with van der Waals surface area (Å²) in [5.74, 6) is -1.18. The van der Waals surface area contributed by atoms with E-state index in [1.54, 1.807) is 13.0 Å². The van der Waals surface area contributed by atoms with E-state index in [4.69, 9.17) is 4.42 Å². The second-order valence-electron chi connectivity index (χ2n) is 5.92. The third kappa shape index (κ3) is 2.22. The van der Waals surface area contributed by atoms with Gasteiger partial charge in [-0.05, 0) is 66.4 Å². The van der Waals surface area contributed by atoms with Crippen molar-refractivity contribution < 1.29 is 19.1 Å². The van der Waals surface area contributed by atoms with Crippen LogP contribution in [0, 0.1) is 6.92 Å². The van der Waals surface area contributed by atoms with Crippen LogP contribution in [0.4, 0.5) is 0 Å². The predicted molar refractivity (Wildman–Crippen MR) is 85.0 cm³/mol. The maximum Gasteiger partial charge on any atom is 0.329 e. The van der Waals surface area contributed by atoms with E-state index in [1.807, 2.05) is 19.1 Å². The van der Waals surface area contributed by atoms with Crippen molar-refractivity contribution in [2.24, 2.45) is 0 Å². The number of nitrogens with zero attached hydrogens (tertiary/aromatic N) is 1. The molecule has 0 aliphatic carbocycles. The maximum atomic E-state index is 12.7. The summed E-state index contributed by atoms with van der Waals surface area (Å²) < 4.78 is 6.45. The Hall–Kier alpha value is -1.82. The van der Waals surface area contributed by atoms with Gasteiger partial charge in [0.25, 0.3) is 5.91 Å². The van der Waals surface area contributed by atoms with Crippen LogP contribution in [0.1, 0.15) is 35.9 Å². The van der Waals surface area contributed by atoms with Crippen LogP contribution < -0.4 is 0 Å². The molecule has 1 aliphatic heterocycles. The van der Waals surface area contributed by atoms with Crippen LogP contribution in [0.25, 0.3) is 11.0 Å². The molecule has 0 radical (unpaired) electrons. The zero-order valence-corrected chi connectivity index (χ0v) is 13.9. The van der Waals surface area contributed by atoms with Crippen LogP contribution in [-0.4, -0.2) is 34.0 Å². The van der Waals surface area contributed by atoms with Crippen LogP contribution >= 0.6 is 15.9 Å². The lowest BCUT2D eigenvalue weighted by molar-refractivity contribution is -0.147. The van der Waals surface area contributed by atoms with Crippen molar-refractivity contribution in [3.05, 3.63) is 34.0 Å². The van der Waals surface area contributed by atoms with Crippen molar-refractivity contribution in [3.63, 3.8) is 0 Å². The first-order chi connectivity index (χ1) is 10.3. The molecule has 0 spiro atoms. The van der Waals surface area contributed by atoms with Crippen LogP contribution in [0.2, 0.25) is 0 Å². The van der Waals surface area contributed by atoms with E-state index in [0.717, 1.165) is 15.4 Å². The van der Waals surface area contributed by atoms with E-state index < -0.39 is 11.5 Å². The average Bonchev–Trinajstić information content (AvgIpc) is 3.02. The number of fused-ring (bicyclic) bond motifs is 1. The van der Waals surface area contributed by atoms with Crippen LogP contribution in [0.5, 0.6) is 0 Å². The molecule has 1 atom stereocenters. The summed E-state index contributed by atoms with van der Waals surface area (Å²) in [6.45, 7) is 3.97. The van der Waals surface area contributed by atoms with Gasteiger partial charge in [0, 0.05) is 11.9 Å². The van der Waals surface area contributed by atoms with Gasteiger partial charge >= 0.3 is 5.97 Å². The Morgan fingerprint density at radius 2 is 2.09 bits per heavy atom. The molecule has 0 saturated carbocycles. The number of carbonyl (C=O) groups is 2. The molecule has 2 heterocycles. The third-order valence-electron chi connectivity index (χ3n) is 4.27. The molecule has 1 N–H and O–H groups in total. The van der Waals surface area contributed by atoms with E-state index >= 15 is 0 Å². The highest BCUT2D eigenvalue weighted by Gasteiger charge is 2.46. The summed E-state index contributed by atoms with van der Waals surface area (Å²) in [5.41, 5.74) is 0.490. The number of aryl methyl sites for hydroxylation is 1. The number of likely N-dealkylation sites (tertiary alicyclic amines) is 1. The average molecular weight is 366 g/mol. The number of hydrogen-bond acceptors (Lipinski definition) is 3. The van der Waals surface area contributed by atoms with Crippen LogP contribution in [-0.2, 0) is 4.79 Å². The Morgan fingerprint density at radius 1 is 1.36 bits per heavy atom. The summed E-state index contributed by atoms with van der Waals surface area (Å²) in [6, 6.07) is 5.52. The highest BCUT2D eigenvalue weighted by atomic mass is 79.9. The molecule has 1 unspecified atom stereocenters. The van der Waals surface area contributed by atoms with E-state index in [1.165, 1.54) is 4.90 Å². The van der Waals surface area contributed by atoms with Gasteiger partial charge in [-0.15, -0.1) is 0 Å². The molecule has 1 amide bonds. The van der Waals surface area contributed by atoms with Gasteiger partial charge in [0.2, 0.25) is 0 Å². The first-order valence-electron chi connectivity index (χ1n) is 7.08. The number of carboxylic acid groups (broad SMARTS) is 1. The Kier molecular flexibility index (Phi) is 3.51. The molecule has 1 saturated heterocycles. The number of hydrogen-bond donors (Lipinski definition) is 1.